The molecule has 1 heterocycles. The van der Waals surface area contributed by atoms with Crippen molar-refractivity contribution < 1.29 is 9.50 Å². The lowest BCUT2D eigenvalue weighted by molar-refractivity contribution is 0.455. The Hall–Kier alpha value is -1.09. The Labute approximate surface area is 82.8 Å². The number of hydrogen-bond donors (Lipinski definition) is 2. The molecule has 1 saturated heterocycles. The number of aromatic hydroxyl groups is 1. The smallest absolute Gasteiger partial charge is 0.124 e. The molecule has 1 fully saturated rings. The summed E-state index contributed by atoms with van der Waals surface area (Å²) in [4.78, 5) is 0. The standard InChI is InChI=1S/C11H14FNO/c1-7-4-9(12)5-10(11(7)14)8-2-3-13-6-8/h4-5,8,13-14H,2-3,6H2,1H3. The molecule has 0 bridgehead atoms. The molecule has 1 aliphatic heterocycles. The largest absolute Gasteiger partial charge is 0.507 e. The van der Waals surface area contributed by atoms with Crippen LogP contribution in [0.5, 0.6) is 5.75 Å². The van der Waals surface area contributed by atoms with E-state index in [2.05, 4.69) is 5.32 Å². The second kappa shape index (κ2) is 3.58. The van der Waals surface area contributed by atoms with Crippen LogP contribution in [-0.4, -0.2) is 18.2 Å². The highest BCUT2D eigenvalue weighted by atomic mass is 19.1. The summed E-state index contributed by atoms with van der Waals surface area (Å²) in [6, 6.07) is 2.81. The fourth-order valence-corrected chi connectivity index (χ4v) is 1.99. The van der Waals surface area contributed by atoms with Crippen LogP contribution in [0.1, 0.15) is 23.5 Å². The Bertz CT molecular complexity index is 345. The van der Waals surface area contributed by atoms with Crippen LogP contribution in [0.25, 0.3) is 0 Å². The highest BCUT2D eigenvalue weighted by molar-refractivity contribution is 5.42. The third kappa shape index (κ3) is 1.60. The maximum absolute atomic E-state index is 13.1. The van der Waals surface area contributed by atoms with E-state index >= 15 is 0 Å². The monoisotopic (exact) mass is 195 g/mol. The third-order valence-electron chi connectivity index (χ3n) is 2.79. The molecular weight excluding hydrogens is 181 g/mol. The van der Waals surface area contributed by atoms with Crippen molar-refractivity contribution in [2.24, 2.45) is 0 Å². The van der Waals surface area contributed by atoms with Gasteiger partial charge in [-0.05, 0) is 37.6 Å². The molecule has 3 heteroatoms. The molecule has 1 atom stereocenters. The van der Waals surface area contributed by atoms with Crippen LogP contribution in [0.3, 0.4) is 0 Å². The zero-order valence-electron chi connectivity index (χ0n) is 8.18. The van der Waals surface area contributed by atoms with Gasteiger partial charge in [0.05, 0.1) is 0 Å². The van der Waals surface area contributed by atoms with E-state index in [9.17, 15) is 9.50 Å². The Morgan fingerprint density at radius 2 is 2.29 bits per heavy atom. The Balaban J connectivity index is 2.40. The van der Waals surface area contributed by atoms with Gasteiger partial charge in [0.15, 0.2) is 0 Å². The minimum absolute atomic E-state index is 0.250. The van der Waals surface area contributed by atoms with E-state index in [0.717, 1.165) is 25.1 Å². The van der Waals surface area contributed by atoms with E-state index in [4.69, 9.17) is 0 Å². The van der Waals surface area contributed by atoms with Crippen molar-refractivity contribution in [3.63, 3.8) is 0 Å². The first-order chi connectivity index (χ1) is 6.68. The molecule has 0 spiro atoms. The first-order valence-corrected chi connectivity index (χ1v) is 4.88. The minimum Gasteiger partial charge on any atom is -0.507 e. The number of halogens is 1. The van der Waals surface area contributed by atoms with Crippen LogP contribution in [0.2, 0.25) is 0 Å². The zero-order chi connectivity index (χ0) is 10.1. The minimum atomic E-state index is -0.262. The molecule has 1 unspecified atom stereocenters. The predicted octanol–water partition coefficient (Wildman–Crippen LogP) is 1.92. The molecule has 1 aromatic rings. The summed E-state index contributed by atoms with van der Waals surface area (Å²) in [6.45, 7) is 3.50. The summed E-state index contributed by atoms with van der Waals surface area (Å²) in [5.41, 5.74) is 1.36. The number of phenols is 1. The molecule has 0 aliphatic carbocycles. The van der Waals surface area contributed by atoms with E-state index in [0.29, 0.717) is 5.56 Å². The molecule has 1 aliphatic rings. The second-order valence-electron chi connectivity index (χ2n) is 3.85. The second-order valence-corrected chi connectivity index (χ2v) is 3.85. The van der Waals surface area contributed by atoms with Crippen molar-refractivity contribution >= 4 is 0 Å². The Morgan fingerprint density at radius 3 is 2.93 bits per heavy atom. The molecular formula is C11H14FNO. The van der Waals surface area contributed by atoms with Crippen LogP contribution in [-0.2, 0) is 0 Å². The van der Waals surface area contributed by atoms with Gasteiger partial charge in [0.2, 0.25) is 0 Å². The number of aryl methyl sites for hydroxylation is 1. The lowest BCUT2D eigenvalue weighted by Crippen LogP contribution is -2.08. The fraction of sp³-hybridized carbons (Fsp3) is 0.455. The molecule has 0 amide bonds. The van der Waals surface area contributed by atoms with Crippen molar-refractivity contribution in [2.45, 2.75) is 19.3 Å². The molecule has 2 rings (SSSR count). The van der Waals surface area contributed by atoms with E-state index < -0.39 is 0 Å². The quantitative estimate of drug-likeness (QED) is 0.717. The number of rotatable bonds is 1. The van der Waals surface area contributed by atoms with Crippen LogP contribution < -0.4 is 5.32 Å². The fourth-order valence-electron chi connectivity index (χ4n) is 1.99. The van der Waals surface area contributed by atoms with Gasteiger partial charge in [0.25, 0.3) is 0 Å². The van der Waals surface area contributed by atoms with Crippen LogP contribution in [0.4, 0.5) is 4.39 Å². The van der Waals surface area contributed by atoms with Crippen LogP contribution in [0.15, 0.2) is 12.1 Å². The lowest BCUT2D eigenvalue weighted by Gasteiger charge is -2.12. The van der Waals surface area contributed by atoms with Gasteiger partial charge in [-0.2, -0.15) is 0 Å². The predicted molar refractivity (Wildman–Crippen MR) is 53.0 cm³/mol. The normalized spacial score (nSPS) is 21.4. The number of benzene rings is 1. The van der Waals surface area contributed by atoms with Gasteiger partial charge in [-0.1, -0.05) is 0 Å². The molecule has 0 radical (unpaired) electrons. The van der Waals surface area contributed by atoms with Gasteiger partial charge in [0, 0.05) is 18.0 Å². The van der Waals surface area contributed by atoms with E-state index in [1.807, 2.05) is 0 Å². The Kier molecular flexibility index (Phi) is 2.42. The van der Waals surface area contributed by atoms with Gasteiger partial charge in [-0.3, -0.25) is 0 Å². The van der Waals surface area contributed by atoms with Crippen molar-refractivity contribution in [3.05, 3.63) is 29.1 Å². The van der Waals surface area contributed by atoms with E-state index in [1.54, 1.807) is 6.92 Å². The third-order valence-corrected chi connectivity index (χ3v) is 2.79. The molecule has 0 saturated carbocycles. The summed E-state index contributed by atoms with van der Waals surface area (Å²) < 4.78 is 13.1. The van der Waals surface area contributed by atoms with E-state index in [1.165, 1.54) is 12.1 Å². The molecule has 76 valence electrons. The molecule has 2 nitrogen and oxygen atoms in total. The molecule has 1 aromatic carbocycles. The summed E-state index contributed by atoms with van der Waals surface area (Å²) in [5.74, 6) is 0.242. The van der Waals surface area contributed by atoms with Crippen molar-refractivity contribution in [1.82, 2.24) is 5.32 Å². The van der Waals surface area contributed by atoms with Crippen molar-refractivity contribution in [2.75, 3.05) is 13.1 Å². The van der Waals surface area contributed by atoms with E-state index in [-0.39, 0.29) is 17.5 Å². The topological polar surface area (TPSA) is 32.3 Å². The average Bonchev–Trinajstić information content (AvgIpc) is 2.63. The zero-order valence-corrected chi connectivity index (χ0v) is 8.18. The summed E-state index contributed by atoms with van der Waals surface area (Å²) in [6.07, 6.45) is 0.969. The number of nitrogens with one attached hydrogen (secondary N) is 1. The average molecular weight is 195 g/mol. The maximum atomic E-state index is 13.1. The maximum Gasteiger partial charge on any atom is 0.124 e. The SMILES string of the molecule is Cc1cc(F)cc(C2CCNC2)c1O. The van der Waals surface area contributed by atoms with Gasteiger partial charge in [0.1, 0.15) is 11.6 Å². The highest BCUT2D eigenvalue weighted by Crippen LogP contribution is 2.32. The van der Waals surface area contributed by atoms with Crippen molar-refractivity contribution in [3.8, 4) is 5.75 Å². The molecule has 14 heavy (non-hydrogen) atoms. The Morgan fingerprint density at radius 1 is 1.50 bits per heavy atom. The van der Waals surface area contributed by atoms with Crippen LogP contribution >= 0.6 is 0 Å². The van der Waals surface area contributed by atoms with Gasteiger partial charge >= 0.3 is 0 Å². The van der Waals surface area contributed by atoms with Crippen molar-refractivity contribution in [1.29, 1.82) is 0 Å². The lowest BCUT2D eigenvalue weighted by atomic mass is 9.95. The first kappa shape index (κ1) is 9.46. The van der Waals surface area contributed by atoms with Gasteiger partial charge in [-0.25, -0.2) is 4.39 Å². The summed E-state index contributed by atoms with van der Waals surface area (Å²) >= 11 is 0. The van der Waals surface area contributed by atoms with Crippen LogP contribution in [0, 0.1) is 12.7 Å². The summed E-state index contributed by atoms with van der Waals surface area (Å²) in [7, 11) is 0. The first-order valence-electron chi connectivity index (χ1n) is 4.88. The van der Waals surface area contributed by atoms with Gasteiger partial charge < -0.3 is 10.4 Å². The number of phenolic OH excluding ortho intramolecular Hbond substituents is 1. The molecule has 0 aromatic heterocycles. The van der Waals surface area contributed by atoms with Gasteiger partial charge in [-0.15, -0.1) is 0 Å². The number of hydrogen-bond acceptors (Lipinski definition) is 2. The summed E-state index contributed by atoms with van der Waals surface area (Å²) in [5, 5.41) is 13.0. The molecule has 2 N–H and O–H groups in total. The highest BCUT2D eigenvalue weighted by Gasteiger charge is 2.21.